The van der Waals surface area contributed by atoms with Crippen LogP contribution in [0, 0.1) is 0 Å². The number of fused-ring (bicyclic) bond motifs is 8. The summed E-state index contributed by atoms with van der Waals surface area (Å²) in [4.78, 5) is 2.44. The van der Waals surface area contributed by atoms with E-state index in [9.17, 15) is 0 Å². The lowest BCUT2D eigenvalue weighted by Gasteiger charge is -2.27. The number of nitrogens with zero attached hydrogens (tertiary/aromatic N) is 1. The van der Waals surface area contributed by atoms with Crippen LogP contribution < -0.4 is 10.2 Å². The molecule has 0 saturated heterocycles. The van der Waals surface area contributed by atoms with Gasteiger partial charge in [0.15, 0.2) is 0 Å². The highest BCUT2D eigenvalue weighted by Gasteiger charge is 2.28. The second-order valence-corrected chi connectivity index (χ2v) is 13.1. The van der Waals surface area contributed by atoms with E-state index in [1.165, 1.54) is 82.8 Å². The number of nitrogens with one attached hydrogen (secondary N) is 1. The molecule has 1 atom stereocenters. The topological polar surface area (TPSA) is 28.4 Å². The zero-order valence-electron chi connectivity index (χ0n) is 26.8. The SMILES string of the molecule is CCC1Nc2ccccc2N1c1ccc(-c2c3c(c(-c4ccc5ccc6oc7ccccc7c6c5c4)c4ccccc24)C=CCC3)cc1. The number of hydrogen-bond donors (Lipinski definition) is 1. The normalized spacial score (nSPS) is 15.4. The average molecular weight is 619 g/mol. The van der Waals surface area contributed by atoms with Gasteiger partial charge in [0, 0.05) is 16.5 Å². The molecule has 1 aliphatic carbocycles. The van der Waals surface area contributed by atoms with E-state index in [0.29, 0.717) is 0 Å². The van der Waals surface area contributed by atoms with Gasteiger partial charge in [0.1, 0.15) is 17.3 Å². The summed E-state index contributed by atoms with van der Waals surface area (Å²) in [5.41, 5.74) is 13.5. The van der Waals surface area contributed by atoms with Crippen LogP contribution in [0.15, 0.2) is 138 Å². The van der Waals surface area contributed by atoms with Gasteiger partial charge in [-0.2, -0.15) is 0 Å². The number of hydrogen-bond acceptors (Lipinski definition) is 3. The van der Waals surface area contributed by atoms with E-state index in [0.717, 1.165) is 30.4 Å². The van der Waals surface area contributed by atoms with Crippen LogP contribution in [0.3, 0.4) is 0 Å². The highest BCUT2D eigenvalue weighted by Crippen LogP contribution is 2.47. The van der Waals surface area contributed by atoms with Crippen LogP contribution in [0.5, 0.6) is 0 Å². The lowest BCUT2D eigenvalue weighted by molar-refractivity contribution is 0.669. The number of para-hydroxylation sites is 3. The minimum atomic E-state index is 0.245. The summed E-state index contributed by atoms with van der Waals surface area (Å²) < 4.78 is 6.28. The summed E-state index contributed by atoms with van der Waals surface area (Å²) in [6.07, 6.45) is 8.04. The first-order valence-corrected chi connectivity index (χ1v) is 17.1. The molecular weight excluding hydrogens is 585 g/mol. The Hall–Kier alpha value is -5.80. The van der Waals surface area contributed by atoms with E-state index in [1.807, 2.05) is 6.07 Å². The van der Waals surface area contributed by atoms with Crippen molar-refractivity contribution in [1.82, 2.24) is 0 Å². The largest absolute Gasteiger partial charge is 0.456 e. The maximum atomic E-state index is 6.28. The molecule has 0 fully saturated rings. The molecule has 7 aromatic carbocycles. The molecule has 0 spiro atoms. The molecule has 3 nitrogen and oxygen atoms in total. The van der Waals surface area contributed by atoms with Gasteiger partial charge in [-0.3, -0.25) is 0 Å². The van der Waals surface area contributed by atoms with E-state index in [1.54, 1.807) is 0 Å². The molecule has 1 N–H and O–H groups in total. The fourth-order valence-electron chi connectivity index (χ4n) is 8.33. The Morgan fingerprint density at radius 1 is 0.688 bits per heavy atom. The van der Waals surface area contributed by atoms with Crippen LogP contribution in [0.25, 0.3) is 71.8 Å². The molecule has 1 unspecified atom stereocenters. The first-order valence-electron chi connectivity index (χ1n) is 17.1. The van der Waals surface area contributed by atoms with Crippen LogP contribution in [0.2, 0.25) is 0 Å². The maximum absolute atomic E-state index is 6.28. The van der Waals surface area contributed by atoms with Crippen LogP contribution in [0.4, 0.5) is 17.1 Å². The minimum Gasteiger partial charge on any atom is -0.456 e. The third-order valence-electron chi connectivity index (χ3n) is 10.5. The summed E-state index contributed by atoms with van der Waals surface area (Å²) in [7, 11) is 0. The van der Waals surface area contributed by atoms with Crippen molar-refractivity contribution in [3.63, 3.8) is 0 Å². The molecule has 3 heteroatoms. The summed E-state index contributed by atoms with van der Waals surface area (Å²) in [5.74, 6) is 0. The summed E-state index contributed by atoms with van der Waals surface area (Å²) >= 11 is 0. The predicted molar refractivity (Wildman–Crippen MR) is 203 cm³/mol. The minimum absolute atomic E-state index is 0.245. The zero-order chi connectivity index (χ0) is 31.8. The van der Waals surface area contributed by atoms with E-state index >= 15 is 0 Å². The Balaban J connectivity index is 1.17. The van der Waals surface area contributed by atoms with E-state index < -0.39 is 0 Å². The molecular formula is C45H34N2O. The molecule has 1 aliphatic heterocycles. The smallest absolute Gasteiger partial charge is 0.136 e. The fourth-order valence-corrected chi connectivity index (χ4v) is 8.33. The van der Waals surface area contributed by atoms with Crippen molar-refractivity contribution >= 4 is 66.6 Å². The molecule has 2 aliphatic rings. The molecule has 0 radical (unpaired) electrons. The Labute approximate surface area is 279 Å². The van der Waals surface area contributed by atoms with Crippen molar-refractivity contribution in [2.75, 3.05) is 10.2 Å². The lowest BCUT2D eigenvalue weighted by atomic mass is 9.80. The quantitative estimate of drug-likeness (QED) is 0.213. The van der Waals surface area contributed by atoms with Crippen LogP contribution in [-0.4, -0.2) is 6.17 Å². The number of allylic oxidation sites excluding steroid dienone is 1. The first kappa shape index (κ1) is 27.3. The highest BCUT2D eigenvalue weighted by atomic mass is 16.3. The van der Waals surface area contributed by atoms with Crippen molar-refractivity contribution < 1.29 is 4.42 Å². The van der Waals surface area contributed by atoms with Gasteiger partial charge in [-0.25, -0.2) is 0 Å². The average Bonchev–Trinajstić information content (AvgIpc) is 3.72. The fraction of sp³-hybridized carbons (Fsp3) is 0.111. The van der Waals surface area contributed by atoms with Crippen LogP contribution >= 0.6 is 0 Å². The van der Waals surface area contributed by atoms with Gasteiger partial charge in [0.05, 0.1) is 11.4 Å². The third kappa shape index (κ3) is 4.00. The van der Waals surface area contributed by atoms with Gasteiger partial charge < -0.3 is 14.6 Å². The predicted octanol–water partition coefficient (Wildman–Crippen LogP) is 12.5. The van der Waals surface area contributed by atoms with Crippen LogP contribution in [-0.2, 0) is 6.42 Å². The molecule has 0 bridgehead atoms. The summed E-state index contributed by atoms with van der Waals surface area (Å²) in [5, 5.41) is 11.1. The zero-order valence-corrected chi connectivity index (χ0v) is 26.8. The third-order valence-corrected chi connectivity index (χ3v) is 10.5. The molecule has 0 amide bonds. The molecule has 48 heavy (non-hydrogen) atoms. The van der Waals surface area contributed by atoms with Crippen LogP contribution in [0.1, 0.15) is 30.9 Å². The number of anilines is 3. The molecule has 0 saturated carbocycles. The van der Waals surface area contributed by atoms with Gasteiger partial charge in [0.2, 0.25) is 0 Å². The molecule has 230 valence electrons. The second-order valence-electron chi connectivity index (χ2n) is 13.1. The Morgan fingerprint density at radius 2 is 1.42 bits per heavy atom. The van der Waals surface area contributed by atoms with Crippen molar-refractivity contribution in [2.45, 2.75) is 32.4 Å². The summed E-state index contributed by atoms with van der Waals surface area (Å²) in [6, 6.07) is 46.6. The second kappa shape index (κ2) is 10.6. The maximum Gasteiger partial charge on any atom is 0.136 e. The van der Waals surface area contributed by atoms with Crippen molar-refractivity contribution in [3.05, 3.63) is 145 Å². The van der Waals surface area contributed by atoms with Gasteiger partial charge in [0.25, 0.3) is 0 Å². The Bertz CT molecular complexity index is 2590. The molecule has 2 heterocycles. The van der Waals surface area contributed by atoms with E-state index in [4.69, 9.17) is 4.42 Å². The molecule has 1 aromatic heterocycles. The highest BCUT2D eigenvalue weighted by molar-refractivity contribution is 6.20. The Kier molecular flexibility index (Phi) is 6.04. The standard InChI is InChI=1S/C45H34N2O/c1-2-42-46-38-16-8-9-17-39(38)47(42)31-24-21-29(22-25-31)43-32-11-3-5-13-34(32)44(35-14-6-4-12-33(35)43)30-20-19-28-23-26-41-45(37(28)27-30)36-15-7-10-18-40(36)48-41/h3,5-11,13-27,42,46H,2,4,12H2,1H3. The monoisotopic (exact) mass is 618 g/mol. The van der Waals surface area contributed by atoms with E-state index in [-0.39, 0.29) is 6.17 Å². The lowest BCUT2D eigenvalue weighted by Crippen LogP contribution is -2.30. The van der Waals surface area contributed by atoms with Gasteiger partial charge in [-0.05, 0) is 117 Å². The summed E-state index contributed by atoms with van der Waals surface area (Å²) in [6.45, 7) is 2.24. The number of rotatable bonds is 4. The van der Waals surface area contributed by atoms with E-state index in [2.05, 4.69) is 151 Å². The van der Waals surface area contributed by atoms with Crippen molar-refractivity contribution in [2.24, 2.45) is 0 Å². The molecule has 10 rings (SSSR count). The number of furan rings is 1. The Morgan fingerprint density at radius 3 is 2.27 bits per heavy atom. The van der Waals surface area contributed by atoms with Crippen molar-refractivity contribution in [1.29, 1.82) is 0 Å². The van der Waals surface area contributed by atoms with Gasteiger partial charge in [-0.15, -0.1) is 0 Å². The number of benzene rings is 7. The van der Waals surface area contributed by atoms with Crippen molar-refractivity contribution in [3.8, 4) is 22.3 Å². The van der Waals surface area contributed by atoms with Gasteiger partial charge >= 0.3 is 0 Å². The van der Waals surface area contributed by atoms with Gasteiger partial charge in [-0.1, -0.05) is 104 Å². The molecule has 8 aromatic rings. The first-order chi connectivity index (χ1) is 23.8.